The molecule has 0 aliphatic rings. The van der Waals surface area contributed by atoms with Crippen molar-refractivity contribution in [2.45, 2.75) is 0 Å². The molecule has 11 heteroatoms. The van der Waals surface area contributed by atoms with Crippen molar-refractivity contribution in [1.29, 1.82) is 10.5 Å². The van der Waals surface area contributed by atoms with Gasteiger partial charge in [0.1, 0.15) is 0 Å². The van der Waals surface area contributed by atoms with E-state index in [0.29, 0.717) is 32.7 Å². The van der Waals surface area contributed by atoms with Crippen molar-refractivity contribution in [2.24, 2.45) is 5.18 Å². The van der Waals surface area contributed by atoms with Crippen LogP contribution in [0.3, 0.4) is 0 Å². The van der Waals surface area contributed by atoms with Crippen molar-refractivity contribution < 1.29 is 4.79 Å². The maximum absolute atomic E-state index is 12.9. The summed E-state index contributed by atoms with van der Waals surface area (Å²) in [5.74, 6) is 0.438. The number of halogens is 1. The van der Waals surface area contributed by atoms with Crippen LogP contribution in [0.15, 0.2) is 94.7 Å². The van der Waals surface area contributed by atoms with E-state index in [1.807, 2.05) is 0 Å². The van der Waals surface area contributed by atoms with Gasteiger partial charge < -0.3 is 5.32 Å². The summed E-state index contributed by atoms with van der Waals surface area (Å²) in [6.07, 6.45) is 1.49. The Kier molecular flexibility index (Phi) is 7.25. The fourth-order valence-electron chi connectivity index (χ4n) is 3.27. The Morgan fingerprint density at radius 3 is 2.17 bits per heavy atom. The van der Waals surface area contributed by atoms with E-state index >= 15 is 0 Å². The lowest BCUT2D eigenvalue weighted by atomic mass is 10.2. The normalized spacial score (nSPS) is 9.97. The zero-order valence-electron chi connectivity index (χ0n) is 18.4. The van der Waals surface area contributed by atoms with Crippen LogP contribution in [0.2, 0.25) is 0 Å². The molecule has 0 saturated heterocycles. The highest BCUT2D eigenvalue weighted by Crippen LogP contribution is 2.35. The van der Waals surface area contributed by atoms with E-state index < -0.39 is 6.03 Å². The summed E-state index contributed by atoms with van der Waals surface area (Å²) in [4.78, 5) is 33.1. The first-order valence-corrected chi connectivity index (χ1v) is 11.2. The van der Waals surface area contributed by atoms with Gasteiger partial charge in [0, 0.05) is 27.6 Å². The zero-order valence-corrected chi connectivity index (χ0v) is 20.0. The SMILES string of the molecule is N#Cc1ccc(Nc2nccc(N(c3ccc(C#N)cc3)N(C(=O)N=O)c3ccccc3Br)n2)cc1. The standard InChI is InChI=1S/C25H15BrN8O2/c26-21-3-1-2-4-22(21)34(25(35)32-36)33(20-11-7-18(16-28)8-12-20)23-13-14-29-24(31-23)30-19-9-5-17(15-27)6-10-19/h1-14H,(H,29,30,31). The second kappa shape index (κ2) is 10.9. The Morgan fingerprint density at radius 2 is 1.56 bits per heavy atom. The van der Waals surface area contributed by atoms with Crippen molar-refractivity contribution in [1.82, 2.24) is 9.97 Å². The molecular formula is C25H15BrN8O2. The summed E-state index contributed by atoms with van der Waals surface area (Å²) in [5.41, 5.74) is 2.34. The molecule has 0 radical (unpaired) electrons. The van der Waals surface area contributed by atoms with Crippen molar-refractivity contribution >= 4 is 50.8 Å². The van der Waals surface area contributed by atoms with Gasteiger partial charge in [-0.3, -0.25) is 0 Å². The Labute approximate surface area is 214 Å². The quantitative estimate of drug-likeness (QED) is 0.227. The van der Waals surface area contributed by atoms with Crippen molar-refractivity contribution in [3.63, 3.8) is 0 Å². The van der Waals surface area contributed by atoms with Gasteiger partial charge >= 0.3 is 6.03 Å². The molecule has 0 aliphatic carbocycles. The minimum absolute atomic E-state index is 0.203. The number of nitroso groups, excluding NO2 is 1. The number of amides is 2. The van der Waals surface area contributed by atoms with E-state index in [-0.39, 0.29) is 11.8 Å². The van der Waals surface area contributed by atoms with Crippen molar-refractivity contribution in [2.75, 3.05) is 15.3 Å². The lowest BCUT2D eigenvalue weighted by molar-refractivity contribution is 0.254. The molecule has 1 heterocycles. The van der Waals surface area contributed by atoms with E-state index in [2.05, 4.69) is 48.5 Å². The average molecular weight is 539 g/mol. The minimum Gasteiger partial charge on any atom is -0.324 e. The largest absolute Gasteiger partial charge is 0.404 e. The van der Waals surface area contributed by atoms with E-state index in [9.17, 15) is 15.0 Å². The number of hydrogen-bond donors (Lipinski definition) is 1. The van der Waals surface area contributed by atoms with Gasteiger partial charge in [0.25, 0.3) is 0 Å². The highest BCUT2D eigenvalue weighted by molar-refractivity contribution is 9.10. The third-order valence-electron chi connectivity index (χ3n) is 4.91. The molecule has 0 atom stereocenters. The highest BCUT2D eigenvalue weighted by atomic mass is 79.9. The van der Waals surface area contributed by atoms with Gasteiger partial charge in [-0.25, -0.2) is 14.8 Å². The lowest BCUT2D eigenvalue weighted by Crippen LogP contribution is -2.43. The first-order valence-electron chi connectivity index (χ1n) is 10.4. The van der Waals surface area contributed by atoms with E-state index in [1.165, 1.54) is 11.2 Å². The summed E-state index contributed by atoms with van der Waals surface area (Å²) in [7, 11) is 0. The Bertz CT molecular complexity index is 1490. The number of nitrogens with one attached hydrogen (secondary N) is 1. The van der Waals surface area contributed by atoms with Gasteiger partial charge in [0.15, 0.2) is 5.82 Å². The maximum Gasteiger partial charge on any atom is 0.404 e. The number of hydrazine groups is 1. The molecule has 174 valence electrons. The molecule has 0 spiro atoms. The number of hydrogen-bond acceptors (Lipinski definition) is 8. The molecule has 1 aromatic heterocycles. The van der Waals surface area contributed by atoms with E-state index in [0.717, 1.165) is 5.01 Å². The number of urea groups is 1. The predicted octanol–water partition coefficient (Wildman–Crippen LogP) is 6.17. The second-order valence-corrected chi connectivity index (χ2v) is 8.01. The number of para-hydroxylation sites is 1. The molecule has 4 aromatic rings. The minimum atomic E-state index is -1.09. The predicted molar refractivity (Wildman–Crippen MR) is 138 cm³/mol. The monoisotopic (exact) mass is 538 g/mol. The van der Waals surface area contributed by atoms with Crippen LogP contribution in [0.5, 0.6) is 0 Å². The maximum atomic E-state index is 12.9. The molecule has 3 aromatic carbocycles. The molecule has 0 bridgehead atoms. The molecule has 1 N–H and O–H groups in total. The molecule has 0 saturated carbocycles. The van der Waals surface area contributed by atoms with Crippen LogP contribution in [0.4, 0.5) is 33.6 Å². The van der Waals surface area contributed by atoms with Crippen LogP contribution in [0, 0.1) is 27.6 Å². The third-order valence-corrected chi connectivity index (χ3v) is 5.58. The third kappa shape index (κ3) is 5.17. The average Bonchev–Trinajstić information content (AvgIpc) is 2.92. The smallest absolute Gasteiger partial charge is 0.324 e. The van der Waals surface area contributed by atoms with Gasteiger partial charge in [-0.15, -0.1) is 4.91 Å². The second-order valence-electron chi connectivity index (χ2n) is 7.16. The van der Waals surface area contributed by atoms with Crippen molar-refractivity contribution in [3.05, 3.63) is 106 Å². The molecule has 2 amide bonds. The Hall–Kier alpha value is -5.13. The van der Waals surface area contributed by atoms with Crippen LogP contribution >= 0.6 is 15.9 Å². The Morgan fingerprint density at radius 1 is 0.917 bits per heavy atom. The number of benzene rings is 3. The molecule has 4 rings (SSSR count). The van der Waals surface area contributed by atoms with E-state index in [4.69, 9.17) is 5.26 Å². The van der Waals surface area contributed by atoms with Crippen LogP contribution in [-0.2, 0) is 0 Å². The molecule has 10 nitrogen and oxygen atoms in total. The van der Waals surface area contributed by atoms with Crippen LogP contribution in [0.1, 0.15) is 11.1 Å². The fraction of sp³-hybridized carbons (Fsp3) is 0. The lowest BCUT2D eigenvalue weighted by Gasteiger charge is -2.34. The topological polar surface area (TPSA) is 138 Å². The van der Waals surface area contributed by atoms with Crippen molar-refractivity contribution in [3.8, 4) is 12.1 Å². The number of carbonyl (C=O) groups is 1. The Balaban J connectivity index is 1.83. The fourth-order valence-corrected chi connectivity index (χ4v) is 3.72. The van der Waals surface area contributed by atoms with E-state index in [1.54, 1.807) is 78.9 Å². The summed E-state index contributed by atoms with van der Waals surface area (Å²) in [5, 5.41) is 26.4. The van der Waals surface area contributed by atoms with Gasteiger partial charge in [-0.1, -0.05) is 12.1 Å². The number of carbonyl (C=O) groups excluding carboxylic acids is 1. The zero-order chi connectivity index (χ0) is 25.5. The first kappa shape index (κ1) is 24.0. The van der Waals surface area contributed by atoms with Crippen LogP contribution in [-0.4, -0.2) is 16.0 Å². The number of rotatable bonds is 6. The summed E-state index contributed by atoms with van der Waals surface area (Å²) in [6.45, 7) is 0. The van der Waals surface area contributed by atoms with Crippen LogP contribution < -0.4 is 15.3 Å². The number of nitrogens with zero attached hydrogens (tertiary/aromatic N) is 7. The van der Waals surface area contributed by atoms with Crippen LogP contribution in [0.25, 0.3) is 0 Å². The van der Waals surface area contributed by atoms with Gasteiger partial charge in [0.2, 0.25) is 5.95 Å². The molecular weight excluding hydrogens is 524 g/mol. The summed E-state index contributed by atoms with van der Waals surface area (Å²) < 4.78 is 0.533. The number of anilines is 5. The number of aromatic nitrogens is 2. The summed E-state index contributed by atoms with van der Waals surface area (Å²) in [6, 6.07) is 24.5. The molecule has 0 aliphatic heterocycles. The first-order chi connectivity index (χ1) is 17.5. The molecule has 36 heavy (non-hydrogen) atoms. The highest BCUT2D eigenvalue weighted by Gasteiger charge is 2.29. The summed E-state index contributed by atoms with van der Waals surface area (Å²) >= 11 is 3.43. The molecule has 0 unspecified atom stereocenters. The van der Waals surface area contributed by atoms with Gasteiger partial charge in [-0.05, 0) is 76.6 Å². The molecule has 0 fully saturated rings. The number of nitriles is 2. The van der Waals surface area contributed by atoms with Gasteiger partial charge in [0.05, 0.1) is 34.6 Å². The van der Waals surface area contributed by atoms with Gasteiger partial charge in [-0.2, -0.15) is 20.5 Å².